The van der Waals surface area contributed by atoms with Crippen LogP contribution >= 0.6 is 0 Å². The number of halogens is 1. The van der Waals surface area contributed by atoms with E-state index >= 15 is 0 Å². The fourth-order valence-electron chi connectivity index (χ4n) is 3.32. The molecular weight excluding hydrogens is 309 g/mol. The zero-order valence-electron chi connectivity index (χ0n) is 13.2. The number of benzene rings is 1. The van der Waals surface area contributed by atoms with Crippen LogP contribution in [0.5, 0.6) is 0 Å². The van der Waals surface area contributed by atoms with E-state index in [-0.39, 0.29) is 24.1 Å². The van der Waals surface area contributed by atoms with E-state index in [9.17, 15) is 9.18 Å². The second-order valence-corrected chi connectivity index (χ2v) is 6.25. The minimum Gasteiger partial charge on any atom is -0.381 e. The zero-order chi connectivity index (χ0) is 16.5. The maximum absolute atomic E-state index is 13.4. The van der Waals surface area contributed by atoms with Gasteiger partial charge in [-0.15, -0.1) is 0 Å². The molecule has 0 N–H and O–H groups in total. The largest absolute Gasteiger partial charge is 0.381 e. The predicted molar refractivity (Wildman–Crippen MR) is 87.5 cm³/mol. The lowest BCUT2D eigenvalue weighted by molar-refractivity contribution is 0.0667. The Morgan fingerprint density at radius 3 is 2.92 bits per heavy atom. The molecule has 1 aromatic heterocycles. The van der Waals surface area contributed by atoms with E-state index in [2.05, 4.69) is 10.1 Å². The first-order valence-corrected chi connectivity index (χ1v) is 8.20. The molecule has 0 unspecified atom stereocenters. The predicted octanol–water partition coefficient (Wildman–Crippen LogP) is 3.28. The minimum absolute atomic E-state index is 0.0321. The van der Waals surface area contributed by atoms with Crippen molar-refractivity contribution in [3.8, 4) is 0 Å². The number of aromatic nitrogens is 2. The van der Waals surface area contributed by atoms with Gasteiger partial charge < -0.3 is 4.74 Å². The summed E-state index contributed by atoms with van der Waals surface area (Å²) >= 11 is 0. The highest BCUT2D eigenvalue weighted by atomic mass is 19.1. The van der Waals surface area contributed by atoms with Crippen LogP contribution < -0.4 is 0 Å². The molecule has 0 amide bonds. The number of ether oxygens (including phenoxy) is 1. The summed E-state index contributed by atoms with van der Waals surface area (Å²) in [5.41, 5.74) is 2.17. The first-order valence-electron chi connectivity index (χ1n) is 8.20. The van der Waals surface area contributed by atoms with Gasteiger partial charge in [0.1, 0.15) is 5.82 Å². The van der Waals surface area contributed by atoms with Gasteiger partial charge in [0.2, 0.25) is 0 Å². The molecule has 5 nitrogen and oxygen atoms in total. The molecule has 0 aliphatic carbocycles. The Morgan fingerprint density at radius 1 is 1.29 bits per heavy atom. The third-order valence-corrected chi connectivity index (χ3v) is 4.53. The van der Waals surface area contributed by atoms with Gasteiger partial charge in [0.25, 0.3) is 0 Å². The van der Waals surface area contributed by atoms with E-state index in [0.29, 0.717) is 31.0 Å². The van der Waals surface area contributed by atoms with Crippen molar-refractivity contribution in [3.05, 3.63) is 47.4 Å². The Morgan fingerprint density at radius 2 is 2.12 bits per heavy atom. The van der Waals surface area contributed by atoms with E-state index in [4.69, 9.17) is 4.74 Å². The number of hydrogen-bond donors (Lipinski definition) is 0. The molecule has 0 bridgehead atoms. The van der Waals surface area contributed by atoms with Crippen LogP contribution in [0, 0.1) is 5.82 Å². The molecule has 0 saturated carbocycles. The van der Waals surface area contributed by atoms with Crippen molar-refractivity contribution in [3.63, 3.8) is 0 Å². The Hall–Kier alpha value is -2.34. The zero-order valence-corrected chi connectivity index (χ0v) is 13.2. The van der Waals surface area contributed by atoms with Crippen LogP contribution in [0.4, 0.5) is 10.2 Å². The average molecular weight is 327 g/mol. The van der Waals surface area contributed by atoms with E-state index in [1.54, 1.807) is 12.3 Å². The van der Waals surface area contributed by atoms with E-state index in [1.807, 2.05) is 10.7 Å². The van der Waals surface area contributed by atoms with Crippen LogP contribution in [0.3, 0.4) is 0 Å². The van der Waals surface area contributed by atoms with Crippen molar-refractivity contribution < 1.29 is 13.9 Å². The molecule has 2 aliphatic rings. The topological polar surface area (TPSA) is 56.5 Å². The molecule has 0 atom stereocenters. The van der Waals surface area contributed by atoms with Gasteiger partial charge in [-0.1, -0.05) is 12.1 Å². The van der Waals surface area contributed by atoms with Crippen LogP contribution in [0.2, 0.25) is 0 Å². The Bertz CT molecular complexity index is 806. The SMILES string of the molecule is O=C1CC(Cc2cccc(F)c2)=Nc2c1cnn2C1CCOCC1. The molecule has 24 heavy (non-hydrogen) atoms. The van der Waals surface area contributed by atoms with Gasteiger partial charge in [-0.05, 0) is 30.5 Å². The summed E-state index contributed by atoms with van der Waals surface area (Å²) in [5.74, 6) is 0.400. The average Bonchev–Trinajstić information content (AvgIpc) is 3.00. The summed E-state index contributed by atoms with van der Waals surface area (Å²) in [4.78, 5) is 17.1. The van der Waals surface area contributed by atoms with Gasteiger partial charge in [0.05, 0.1) is 24.2 Å². The maximum Gasteiger partial charge on any atom is 0.173 e. The fraction of sp³-hybridized carbons (Fsp3) is 0.389. The molecule has 1 fully saturated rings. The highest BCUT2D eigenvalue weighted by molar-refractivity contribution is 6.15. The van der Waals surface area contributed by atoms with Crippen molar-refractivity contribution in [2.24, 2.45) is 4.99 Å². The molecule has 0 radical (unpaired) electrons. The van der Waals surface area contributed by atoms with Gasteiger partial charge >= 0.3 is 0 Å². The van der Waals surface area contributed by atoms with Gasteiger partial charge in [-0.2, -0.15) is 5.10 Å². The van der Waals surface area contributed by atoms with Crippen LogP contribution in [-0.2, 0) is 11.2 Å². The lowest BCUT2D eigenvalue weighted by Gasteiger charge is -2.24. The van der Waals surface area contributed by atoms with Crippen LogP contribution in [-0.4, -0.2) is 34.5 Å². The normalized spacial score (nSPS) is 18.4. The van der Waals surface area contributed by atoms with Gasteiger partial charge in [-0.3, -0.25) is 4.79 Å². The first-order chi connectivity index (χ1) is 11.7. The number of ketones is 1. The Labute approximate surface area is 139 Å². The first kappa shape index (κ1) is 15.2. The molecule has 2 aromatic rings. The van der Waals surface area contributed by atoms with Crippen molar-refractivity contribution in [2.75, 3.05) is 13.2 Å². The summed E-state index contributed by atoms with van der Waals surface area (Å²) < 4.78 is 20.6. The maximum atomic E-state index is 13.4. The number of aliphatic imine (C=N–C) groups is 1. The van der Waals surface area contributed by atoms with E-state index < -0.39 is 0 Å². The second kappa shape index (κ2) is 6.28. The summed E-state index contributed by atoms with van der Waals surface area (Å²) in [6.07, 6.45) is 4.11. The van der Waals surface area contributed by atoms with Gasteiger partial charge in [-0.25, -0.2) is 14.1 Å². The summed E-state index contributed by atoms with van der Waals surface area (Å²) in [7, 11) is 0. The van der Waals surface area contributed by atoms with Crippen molar-refractivity contribution in [1.29, 1.82) is 0 Å². The summed E-state index contributed by atoms with van der Waals surface area (Å²) in [5, 5.41) is 4.40. The second-order valence-electron chi connectivity index (χ2n) is 6.25. The molecule has 3 heterocycles. The highest BCUT2D eigenvalue weighted by Gasteiger charge is 2.28. The number of fused-ring (bicyclic) bond motifs is 1. The molecule has 124 valence electrons. The van der Waals surface area contributed by atoms with E-state index in [0.717, 1.165) is 24.1 Å². The molecule has 2 aliphatic heterocycles. The standard InChI is InChI=1S/C18H18FN3O2/c19-13-3-1-2-12(8-13)9-14-10-17(23)16-11-20-22(18(16)21-14)15-4-6-24-7-5-15/h1-3,8,11,15H,4-7,9-10H2. The van der Waals surface area contributed by atoms with Crippen LogP contribution in [0.25, 0.3) is 0 Å². The molecule has 1 aromatic carbocycles. The molecular formula is C18H18FN3O2. The fourth-order valence-corrected chi connectivity index (χ4v) is 3.32. The van der Waals surface area contributed by atoms with Crippen LogP contribution in [0.1, 0.15) is 41.2 Å². The highest BCUT2D eigenvalue weighted by Crippen LogP contribution is 2.32. The number of hydrogen-bond acceptors (Lipinski definition) is 4. The van der Waals surface area contributed by atoms with E-state index in [1.165, 1.54) is 12.1 Å². The van der Waals surface area contributed by atoms with Gasteiger partial charge in [0.15, 0.2) is 11.6 Å². The molecule has 4 rings (SSSR count). The minimum atomic E-state index is -0.275. The smallest absolute Gasteiger partial charge is 0.173 e. The molecule has 6 heteroatoms. The van der Waals surface area contributed by atoms with Crippen molar-refractivity contribution >= 4 is 17.3 Å². The Balaban J connectivity index is 1.65. The lowest BCUT2D eigenvalue weighted by atomic mass is 9.99. The quantitative estimate of drug-likeness (QED) is 0.869. The van der Waals surface area contributed by atoms with Crippen molar-refractivity contribution in [1.82, 2.24) is 9.78 Å². The van der Waals surface area contributed by atoms with Crippen LogP contribution in [0.15, 0.2) is 35.5 Å². The van der Waals surface area contributed by atoms with Crippen molar-refractivity contribution in [2.45, 2.75) is 31.7 Å². The number of Topliss-reactive ketones (excluding diaryl/α,β-unsaturated/α-hetero) is 1. The summed E-state index contributed by atoms with van der Waals surface area (Å²) in [6, 6.07) is 6.63. The number of carbonyl (C=O) groups excluding carboxylic acids is 1. The number of nitrogens with zero attached hydrogens (tertiary/aromatic N) is 3. The number of carbonyl (C=O) groups is 1. The van der Waals surface area contributed by atoms with Gasteiger partial charge in [0, 0.05) is 25.3 Å². The lowest BCUT2D eigenvalue weighted by Crippen LogP contribution is -2.22. The monoisotopic (exact) mass is 327 g/mol. The molecule has 0 spiro atoms. The summed E-state index contributed by atoms with van der Waals surface area (Å²) in [6.45, 7) is 1.40. The third-order valence-electron chi connectivity index (χ3n) is 4.53. The Kier molecular flexibility index (Phi) is 3.98. The molecule has 1 saturated heterocycles. The third kappa shape index (κ3) is 2.89. The number of rotatable bonds is 3.